The van der Waals surface area contributed by atoms with E-state index in [9.17, 15) is 0 Å². The lowest BCUT2D eigenvalue weighted by Gasteiger charge is -2.28. The van der Waals surface area contributed by atoms with E-state index in [1.165, 1.54) is 12.8 Å². The minimum Gasteiger partial charge on any atom is -0.493 e. The second-order valence-corrected chi connectivity index (χ2v) is 6.31. The standard InChI is InChI=1S/C17H26ClNO2/c1-4-19-11-13-9-15(18)17(16(10-13)20-3)21-14-7-5-6-12(2)8-14/h9-10,12,14,19H,4-8,11H2,1-3H3. The van der Waals surface area contributed by atoms with Crippen molar-refractivity contribution in [3.8, 4) is 11.5 Å². The van der Waals surface area contributed by atoms with Crippen LogP contribution in [0.2, 0.25) is 5.02 Å². The van der Waals surface area contributed by atoms with Crippen molar-refractivity contribution >= 4 is 11.6 Å². The highest BCUT2D eigenvalue weighted by molar-refractivity contribution is 6.32. The lowest BCUT2D eigenvalue weighted by Crippen LogP contribution is -2.24. The molecular formula is C17H26ClNO2. The van der Waals surface area contributed by atoms with Crippen LogP contribution in [0, 0.1) is 5.92 Å². The molecule has 0 aromatic heterocycles. The van der Waals surface area contributed by atoms with Gasteiger partial charge in [-0.1, -0.05) is 31.9 Å². The van der Waals surface area contributed by atoms with E-state index >= 15 is 0 Å². The van der Waals surface area contributed by atoms with Crippen LogP contribution in [-0.2, 0) is 6.54 Å². The van der Waals surface area contributed by atoms with E-state index in [1.54, 1.807) is 7.11 Å². The number of halogens is 1. The summed E-state index contributed by atoms with van der Waals surface area (Å²) in [6.07, 6.45) is 4.97. The minimum atomic E-state index is 0.250. The summed E-state index contributed by atoms with van der Waals surface area (Å²) >= 11 is 6.42. The van der Waals surface area contributed by atoms with Gasteiger partial charge in [0.15, 0.2) is 11.5 Å². The Labute approximate surface area is 133 Å². The average Bonchev–Trinajstić information content (AvgIpc) is 2.47. The number of benzene rings is 1. The second kappa shape index (κ2) is 7.90. The zero-order valence-corrected chi connectivity index (χ0v) is 14.0. The van der Waals surface area contributed by atoms with E-state index in [1.807, 2.05) is 12.1 Å². The molecule has 3 nitrogen and oxygen atoms in total. The van der Waals surface area contributed by atoms with Gasteiger partial charge in [-0.3, -0.25) is 0 Å². The fraction of sp³-hybridized carbons (Fsp3) is 0.647. The van der Waals surface area contributed by atoms with Gasteiger partial charge in [0.05, 0.1) is 18.2 Å². The van der Waals surface area contributed by atoms with Crippen LogP contribution < -0.4 is 14.8 Å². The molecule has 0 amide bonds. The highest BCUT2D eigenvalue weighted by Gasteiger charge is 2.23. The Balaban J connectivity index is 2.14. The van der Waals surface area contributed by atoms with Gasteiger partial charge in [0.2, 0.25) is 0 Å². The van der Waals surface area contributed by atoms with E-state index in [0.717, 1.165) is 43.2 Å². The van der Waals surface area contributed by atoms with Gasteiger partial charge in [-0.15, -0.1) is 0 Å². The predicted octanol–water partition coefficient (Wildman–Crippen LogP) is 4.42. The maximum Gasteiger partial charge on any atom is 0.180 e. The van der Waals surface area contributed by atoms with Crippen LogP contribution in [0.5, 0.6) is 11.5 Å². The predicted molar refractivity (Wildman–Crippen MR) is 87.4 cm³/mol. The van der Waals surface area contributed by atoms with Crippen molar-refractivity contribution in [2.45, 2.75) is 52.2 Å². The topological polar surface area (TPSA) is 30.5 Å². The highest BCUT2D eigenvalue weighted by Crippen LogP contribution is 2.39. The zero-order chi connectivity index (χ0) is 15.2. The normalized spacial score (nSPS) is 22.1. The van der Waals surface area contributed by atoms with E-state index in [-0.39, 0.29) is 6.10 Å². The molecule has 0 spiro atoms. The average molecular weight is 312 g/mol. The Morgan fingerprint density at radius 3 is 2.81 bits per heavy atom. The maximum atomic E-state index is 6.42. The molecule has 0 heterocycles. The molecule has 1 saturated carbocycles. The largest absolute Gasteiger partial charge is 0.493 e. The molecule has 0 saturated heterocycles. The van der Waals surface area contributed by atoms with Crippen LogP contribution in [0.25, 0.3) is 0 Å². The molecule has 1 N–H and O–H groups in total. The quantitative estimate of drug-likeness (QED) is 0.844. The van der Waals surface area contributed by atoms with E-state index in [0.29, 0.717) is 10.8 Å². The van der Waals surface area contributed by atoms with Gasteiger partial charge in [-0.2, -0.15) is 0 Å². The SMILES string of the molecule is CCNCc1cc(Cl)c(OC2CCCC(C)C2)c(OC)c1. The number of ether oxygens (including phenoxy) is 2. The monoisotopic (exact) mass is 311 g/mol. The summed E-state index contributed by atoms with van der Waals surface area (Å²) in [5.74, 6) is 2.15. The Kier molecular flexibility index (Phi) is 6.19. The van der Waals surface area contributed by atoms with Crippen LogP contribution in [-0.4, -0.2) is 19.8 Å². The number of methoxy groups -OCH3 is 1. The van der Waals surface area contributed by atoms with Crippen molar-refractivity contribution in [1.82, 2.24) is 5.32 Å². The number of hydrogen-bond donors (Lipinski definition) is 1. The van der Waals surface area contributed by atoms with E-state index < -0.39 is 0 Å². The summed E-state index contributed by atoms with van der Waals surface area (Å²) in [6.45, 7) is 6.08. The molecule has 2 atom stereocenters. The van der Waals surface area contributed by atoms with Gasteiger partial charge in [-0.05, 0) is 49.4 Å². The third-order valence-electron chi connectivity index (χ3n) is 4.04. The molecule has 2 rings (SSSR count). The molecule has 4 heteroatoms. The van der Waals surface area contributed by atoms with Crippen molar-refractivity contribution in [3.05, 3.63) is 22.7 Å². The molecular weight excluding hydrogens is 286 g/mol. The van der Waals surface area contributed by atoms with Crippen LogP contribution in [0.3, 0.4) is 0 Å². The van der Waals surface area contributed by atoms with Gasteiger partial charge < -0.3 is 14.8 Å². The molecule has 21 heavy (non-hydrogen) atoms. The molecule has 1 aliphatic rings. The van der Waals surface area contributed by atoms with Gasteiger partial charge in [0.25, 0.3) is 0 Å². The Hall–Kier alpha value is -0.930. The number of nitrogens with one attached hydrogen (secondary N) is 1. The first-order valence-electron chi connectivity index (χ1n) is 7.87. The van der Waals surface area contributed by atoms with Crippen molar-refractivity contribution in [2.75, 3.05) is 13.7 Å². The first-order chi connectivity index (χ1) is 10.1. The van der Waals surface area contributed by atoms with Crippen molar-refractivity contribution in [1.29, 1.82) is 0 Å². The number of rotatable bonds is 6. The second-order valence-electron chi connectivity index (χ2n) is 5.90. The Bertz CT molecular complexity index is 464. The third-order valence-corrected chi connectivity index (χ3v) is 4.32. The molecule has 1 fully saturated rings. The Morgan fingerprint density at radius 1 is 1.33 bits per heavy atom. The molecule has 1 aromatic carbocycles. The van der Waals surface area contributed by atoms with Crippen molar-refractivity contribution in [3.63, 3.8) is 0 Å². The van der Waals surface area contributed by atoms with Gasteiger partial charge in [-0.25, -0.2) is 0 Å². The fourth-order valence-corrected chi connectivity index (χ4v) is 3.19. The molecule has 1 aliphatic carbocycles. The zero-order valence-electron chi connectivity index (χ0n) is 13.2. The Morgan fingerprint density at radius 2 is 2.14 bits per heavy atom. The summed E-state index contributed by atoms with van der Waals surface area (Å²) in [5.41, 5.74) is 1.11. The number of hydrogen-bond acceptors (Lipinski definition) is 3. The van der Waals surface area contributed by atoms with E-state index in [2.05, 4.69) is 19.2 Å². The van der Waals surface area contributed by atoms with Gasteiger partial charge >= 0.3 is 0 Å². The maximum absolute atomic E-state index is 6.42. The third kappa shape index (κ3) is 4.52. The molecule has 2 unspecified atom stereocenters. The smallest absolute Gasteiger partial charge is 0.180 e. The van der Waals surface area contributed by atoms with Crippen molar-refractivity contribution < 1.29 is 9.47 Å². The molecule has 1 aromatic rings. The lowest BCUT2D eigenvalue weighted by molar-refractivity contribution is 0.125. The fourth-order valence-electron chi connectivity index (χ4n) is 2.91. The van der Waals surface area contributed by atoms with E-state index in [4.69, 9.17) is 21.1 Å². The molecule has 0 aliphatic heterocycles. The summed E-state index contributed by atoms with van der Waals surface area (Å²) < 4.78 is 11.6. The van der Waals surface area contributed by atoms with Gasteiger partial charge in [0, 0.05) is 6.54 Å². The van der Waals surface area contributed by atoms with Crippen molar-refractivity contribution in [2.24, 2.45) is 5.92 Å². The molecule has 118 valence electrons. The van der Waals surface area contributed by atoms with Gasteiger partial charge in [0.1, 0.15) is 0 Å². The van der Waals surface area contributed by atoms with Crippen LogP contribution in [0.4, 0.5) is 0 Å². The summed E-state index contributed by atoms with van der Waals surface area (Å²) in [5, 5.41) is 3.93. The molecule has 0 radical (unpaired) electrons. The van der Waals surface area contributed by atoms with Crippen LogP contribution >= 0.6 is 11.6 Å². The van der Waals surface area contributed by atoms with Crippen LogP contribution in [0.1, 0.15) is 45.1 Å². The first-order valence-corrected chi connectivity index (χ1v) is 8.25. The highest BCUT2D eigenvalue weighted by atomic mass is 35.5. The van der Waals surface area contributed by atoms with Crippen LogP contribution in [0.15, 0.2) is 12.1 Å². The lowest BCUT2D eigenvalue weighted by atomic mass is 9.89. The minimum absolute atomic E-state index is 0.250. The molecule has 0 bridgehead atoms. The summed E-state index contributed by atoms with van der Waals surface area (Å²) in [6, 6.07) is 3.98. The first kappa shape index (κ1) is 16.4. The summed E-state index contributed by atoms with van der Waals surface area (Å²) in [7, 11) is 1.67. The summed E-state index contributed by atoms with van der Waals surface area (Å²) in [4.78, 5) is 0.